The monoisotopic (exact) mass is 324 g/mol. The number of halogens is 1. The molecule has 1 N–H and O–H groups in total. The van der Waals surface area contributed by atoms with Gasteiger partial charge in [-0.25, -0.2) is 9.07 Å². The molecule has 1 amide bonds. The van der Waals surface area contributed by atoms with E-state index in [4.69, 9.17) is 0 Å². The number of carbonyl (C=O) groups excluding carboxylic acids is 1. The molecule has 0 saturated carbocycles. The molecule has 0 aliphatic heterocycles. The van der Waals surface area contributed by atoms with Crippen LogP contribution in [-0.4, -0.2) is 20.7 Å². The van der Waals surface area contributed by atoms with Gasteiger partial charge < -0.3 is 5.32 Å². The van der Waals surface area contributed by atoms with Gasteiger partial charge in [-0.3, -0.25) is 9.78 Å². The summed E-state index contributed by atoms with van der Waals surface area (Å²) in [5.74, 6) is -0.760. The SMILES string of the molecule is Cc1cc(C)c(NC(=O)c2ccn(-c3ccccc3F)n2)c(C)n1. The third-order valence-electron chi connectivity index (χ3n) is 3.69. The molecule has 2 aromatic heterocycles. The quantitative estimate of drug-likeness (QED) is 0.801. The van der Waals surface area contributed by atoms with E-state index in [1.54, 1.807) is 30.5 Å². The summed E-state index contributed by atoms with van der Waals surface area (Å²) in [5.41, 5.74) is 3.74. The number of nitrogens with one attached hydrogen (secondary N) is 1. The topological polar surface area (TPSA) is 59.8 Å². The molecule has 0 saturated heterocycles. The van der Waals surface area contributed by atoms with Crippen molar-refractivity contribution in [2.45, 2.75) is 20.8 Å². The van der Waals surface area contributed by atoms with E-state index in [0.29, 0.717) is 11.4 Å². The Kier molecular flexibility index (Phi) is 4.12. The third kappa shape index (κ3) is 3.03. The molecule has 0 aliphatic rings. The van der Waals surface area contributed by atoms with E-state index in [1.165, 1.54) is 10.7 Å². The van der Waals surface area contributed by atoms with Crippen LogP contribution in [-0.2, 0) is 0 Å². The molecule has 2 heterocycles. The fraction of sp³-hybridized carbons (Fsp3) is 0.167. The second kappa shape index (κ2) is 6.23. The Morgan fingerprint density at radius 3 is 2.62 bits per heavy atom. The highest BCUT2D eigenvalue weighted by Crippen LogP contribution is 2.20. The van der Waals surface area contributed by atoms with Gasteiger partial charge in [-0.1, -0.05) is 12.1 Å². The van der Waals surface area contributed by atoms with Gasteiger partial charge in [0.15, 0.2) is 5.69 Å². The van der Waals surface area contributed by atoms with E-state index in [-0.39, 0.29) is 11.6 Å². The maximum absolute atomic E-state index is 13.8. The Hall–Kier alpha value is -3.02. The summed E-state index contributed by atoms with van der Waals surface area (Å²) in [6, 6.07) is 9.72. The number of aromatic nitrogens is 3. The van der Waals surface area contributed by atoms with Gasteiger partial charge in [0, 0.05) is 11.9 Å². The first-order chi connectivity index (χ1) is 11.5. The van der Waals surface area contributed by atoms with Crippen molar-refractivity contribution in [2.75, 3.05) is 5.32 Å². The molecule has 0 radical (unpaired) electrons. The van der Waals surface area contributed by atoms with Crippen LogP contribution in [0.25, 0.3) is 5.69 Å². The highest BCUT2D eigenvalue weighted by Gasteiger charge is 2.15. The minimum Gasteiger partial charge on any atom is -0.319 e. The van der Waals surface area contributed by atoms with Gasteiger partial charge in [0.1, 0.15) is 11.5 Å². The summed E-state index contributed by atoms with van der Waals surface area (Å²) in [5, 5.41) is 6.99. The Morgan fingerprint density at radius 1 is 1.17 bits per heavy atom. The predicted molar refractivity (Wildman–Crippen MR) is 89.9 cm³/mol. The van der Waals surface area contributed by atoms with Crippen molar-refractivity contribution in [3.05, 3.63) is 71.1 Å². The zero-order chi connectivity index (χ0) is 17.3. The van der Waals surface area contributed by atoms with E-state index < -0.39 is 5.82 Å². The number of hydrogen-bond donors (Lipinski definition) is 1. The molecular weight excluding hydrogens is 307 g/mol. The fourth-order valence-electron chi connectivity index (χ4n) is 2.61. The van der Waals surface area contributed by atoms with Crippen molar-refractivity contribution in [1.82, 2.24) is 14.8 Å². The van der Waals surface area contributed by atoms with Crippen molar-refractivity contribution in [2.24, 2.45) is 0 Å². The lowest BCUT2D eigenvalue weighted by Gasteiger charge is -2.11. The Balaban J connectivity index is 1.86. The summed E-state index contributed by atoms with van der Waals surface area (Å²) in [4.78, 5) is 16.8. The molecule has 24 heavy (non-hydrogen) atoms. The number of para-hydroxylation sites is 1. The number of hydrogen-bond acceptors (Lipinski definition) is 3. The van der Waals surface area contributed by atoms with Crippen LogP contribution in [0.4, 0.5) is 10.1 Å². The first-order valence-corrected chi connectivity index (χ1v) is 7.52. The van der Waals surface area contributed by atoms with Crippen molar-refractivity contribution >= 4 is 11.6 Å². The highest BCUT2D eigenvalue weighted by molar-refractivity contribution is 6.03. The summed E-state index contributed by atoms with van der Waals surface area (Å²) in [6.45, 7) is 5.66. The van der Waals surface area contributed by atoms with Gasteiger partial charge in [0.25, 0.3) is 5.91 Å². The van der Waals surface area contributed by atoms with E-state index in [1.807, 2.05) is 26.8 Å². The van der Waals surface area contributed by atoms with E-state index in [2.05, 4.69) is 15.4 Å². The average molecular weight is 324 g/mol. The number of amides is 1. The minimum atomic E-state index is -0.401. The summed E-state index contributed by atoms with van der Waals surface area (Å²) >= 11 is 0. The summed E-state index contributed by atoms with van der Waals surface area (Å²) < 4.78 is 15.2. The van der Waals surface area contributed by atoms with Gasteiger partial charge in [0.05, 0.1) is 11.4 Å². The van der Waals surface area contributed by atoms with Gasteiger partial charge in [-0.05, 0) is 50.6 Å². The predicted octanol–water partition coefficient (Wildman–Crippen LogP) is 3.58. The number of nitrogens with zero attached hydrogens (tertiary/aromatic N) is 3. The van der Waals surface area contributed by atoms with Crippen molar-refractivity contribution < 1.29 is 9.18 Å². The van der Waals surface area contributed by atoms with Crippen LogP contribution >= 0.6 is 0 Å². The minimum absolute atomic E-state index is 0.206. The number of aryl methyl sites for hydroxylation is 3. The third-order valence-corrected chi connectivity index (χ3v) is 3.69. The maximum Gasteiger partial charge on any atom is 0.276 e. The lowest BCUT2D eigenvalue weighted by Crippen LogP contribution is -2.15. The Morgan fingerprint density at radius 2 is 1.92 bits per heavy atom. The summed E-state index contributed by atoms with van der Waals surface area (Å²) in [7, 11) is 0. The molecule has 122 valence electrons. The average Bonchev–Trinajstić information content (AvgIpc) is 3.01. The van der Waals surface area contributed by atoms with E-state index in [9.17, 15) is 9.18 Å². The van der Waals surface area contributed by atoms with Gasteiger partial charge in [-0.2, -0.15) is 5.10 Å². The Labute approximate surface area is 139 Å². The Bertz CT molecular complexity index is 894. The van der Waals surface area contributed by atoms with Gasteiger partial charge in [-0.15, -0.1) is 0 Å². The number of pyridine rings is 1. The molecule has 5 nitrogen and oxygen atoms in total. The van der Waals surface area contributed by atoms with Crippen LogP contribution in [0.1, 0.15) is 27.4 Å². The van der Waals surface area contributed by atoms with Crippen LogP contribution < -0.4 is 5.32 Å². The van der Waals surface area contributed by atoms with Crippen LogP contribution in [0.5, 0.6) is 0 Å². The zero-order valence-electron chi connectivity index (χ0n) is 13.7. The smallest absolute Gasteiger partial charge is 0.276 e. The molecule has 0 bridgehead atoms. The second-order valence-corrected chi connectivity index (χ2v) is 5.59. The van der Waals surface area contributed by atoms with Gasteiger partial charge >= 0.3 is 0 Å². The standard InChI is InChI=1S/C18H17FN4O/c1-11-10-12(2)20-13(3)17(11)21-18(24)15-8-9-23(22-15)16-7-5-4-6-14(16)19/h4-10H,1-3H3,(H,21,24). The number of anilines is 1. The van der Waals surface area contributed by atoms with Crippen molar-refractivity contribution in [1.29, 1.82) is 0 Å². The first-order valence-electron chi connectivity index (χ1n) is 7.52. The maximum atomic E-state index is 13.8. The molecule has 0 spiro atoms. The van der Waals surface area contributed by atoms with Crippen LogP contribution in [0.15, 0.2) is 42.6 Å². The molecule has 0 fully saturated rings. The molecule has 0 unspecified atom stereocenters. The second-order valence-electron chi connectivity index (χ2n) is 5.59. The lowest BCUT2D eigenvalue weighted by molar-refractivity contribution is 0.102. The molecular formula is C18H17FN4O. The molecule has 1 aromatic carbocycles. The molecule has 0 atom stereocenters. The number of benzene rings is 1. The van der Waals surface area contributed by atoms with E-state index >= 15 is 0 Å². The molecule has 0 aliphatic carbocycles. The normalized spacial score (nSPS) is 10.7. The molecule has 3 aromatic rings. The van der Waals surface area contributed by atoms with Crippen LogP contribution in [0, 0.1) is 26.6 Å². The van der Waals surface area contributed by atoms with Crippen LogP contribution in [0.2, 0.25) is 0 Å². The van der Waals surface area contributed by atoms with Crippen LogP contribution in [0.3, 0.4) is 0 Å². The zero-order valence-corrected chi connectivity index (χ0v) is 13.7. The highest BCUT2D eigenvalue weighted by atomic mass is 19.1. The largest absolute Gasteiger partial charge is 0.319 e. The lowest BCUT2D eigenvalue weighted by atomic mass is 10.1. The fourth-order valence-corrected chi connectivity index (χ4v) is 2.61. The van der Waals surface area contributed by atoms with Crippen molar-refractivity contribution in [3.8, 4) is 5.69 Å². The number of carbonyl (C=O) groups is 1. The number of rotatable bonds is 3. The molecule has 6 heteroatoms. The molecule has 3 rings (SSSR count). The summed E-state index contributed by atoms with van der Waals surface area (Å²) in [6.07, 6.45) is 1.56. The van der Waals surface area contributed by atoms with Gasteiger partial charge in [0.2, 0.25) is 0 Å². The van der Waals surface area contributed by atoms with E-state index in [0.717, 1.165) is 17.0 Å². The first kappa shape index (κ1) is 15.9. The van der Waals surface area contributed by atoms with Crippen molar-refractivity contribution in [3.63, 3.8) is 0 Å².